The molecular formula is C14H10FN3O. The van der Waals surface area contributed by atoms with E-state index < -0.39 is 5.95 Å². The van der Waals surface area contributed by atoms with Crippen molar-refractivity contribution in [2.75, 3.05) is 5.32 Å². The molecule has 0 saturated carbocycles. The Kier molecular flexibility index (Phi) is 3.84. The van der Waals surface area contributed by atoms with E-state index in [0.717, 1.165) is 11.6 Å². The van der Waals surface area contributed by atoms with Crippen molar-refractivity contribution >= 4 is 11.6 Å². The van der Waals surface area contributed by atoms with Gasteiger partial charge in [-0.3, -0.25) is 4.79 Å². The lowest BCUT2D eigenvalue weighted by molar-refractivity contribution is 0.102. The van der Waals surface area contributed by atoms with Crippen molar-refractivity contribution in [2.24, 2.45) is 0 Å². The summed E-state index contributed by atoms with van der Waals surface area (Å²) in [4.78, 5) is 15.2. The maximum absolute atomic E-state index is 12.6. The zero-order valence-electron chi connectivity index (χ0n) is 9.93. The standard InChI is InChI=1S/C14H10FN3O/c15-13-6-3-11(9-17-13)14(19)18-12-4-1-10(2-5-12)7-8-16/h1-6,9H,7H2,(H,18,19). The van der Waals surface area contributed by atoms with Gasteiger partial charge in [-0.15, -0.1) is 0 Å². The van der Waals surface area contributed by atoms with E-state index >= 15 is 0 Å². The highest BCUT2D eigenvalue weighted by atomic mass is 19.1. The van der Waals surface area contributed by atoms with Crippen LogP contribution in [0.5, 0.6) is 0 Å². The van der Waals surface area contributed by atoms with Gasteiger partial charge >= 0.3 is 0 Å². The molecule has 0 bridgehead atoms. The Balaban J connectivity index is 2.06. The SMILES string of the molecule is N#CCc1ccc(NC(=O)c2ccc(F)nc2)cc1. The molecule has 19 heavy (non-hydrogen) atoms. The molecule has 1 N–H and O–H groups in total. The summed E-state index contributed by atoms with van der Waals surface area (Å²) in [7, 11) is 0. The zero-order chi connectivity index (χ0) is 13.7. The number of nitrogens with zero attached hydrogens (tertiary/aromatic N) is 2. The van der Waals surface area contributed by atoms with E-state index in [1.165, 1.54) is 12.3 Å². The first-order valence-corrected chi connectivity index (χ1v) is 5.58. The summed E-state index contributed by atoms with van der Waals surface area (Å²) >= 11 is 0. The molecule has 1 amide bonds. The van der Waals surface area contributed by atoms with Crippen molar-refractivity contribution in [3.8, 4) is 6.07 Å². The minimum absolute atomic E-state index is 0.280. The highest BCUT2D eigenvalue weighted by Crippen LogP contribution is 2.11. The summed E-state index contributed by atoms with van der Waals surface area (Å²) in [5, 5.41) is 11.2. The number of hydrogen-bond donors (Lipinski definition) is 1. The van der Waals surface area contributed by atoms with Gasteiger partial charge in [0.1, 0.15) is 0 Å². The molecule has 0 aliphatic heterocycles. The number of anilines is 1. The van der Waals surface area contributed by atoms with E-state index in [2.05, 4.69) is 10.3 Å². The number of halogens is 1. The second-order valence-electron chi connectivity index (χ2n) is 3.86. The van der Waals surface area contributed by atoms with Crippen LogP contribution >= 0.6 is 0 Å². The maximum Gasteiger partial charge on any atom is 0.257 e. The monoisotopic (exact) mass is 255 g/mol. The highest BCUT2D eigenvalue weighted by Gasteiger charge is 2.06. The molecule has 1 aromatic heterocycles. The minimum Gasteiger partial charge on any atom is -0.322 e. The second-order valence-corrected chi connectivity index (χ2v) is 3.86. The van der Waals surface area contributed by atoms with E-state index in [1.807, 2.05) is 6.07 Å². The maximum atomic E-state index is 12.6. The van der Waals surface area contributed by atoms with Crippen LogP contribution in [0.25, 0.3) is 0 Å². The van der Waals surface area contributed by atoms with Gasteiger partial charge in [0.2, 0.25) is 5.95 Å². The van der Waals surface area contributed by atoms with Gasteiger partial charge in [-0.05, 0) is 29.8 Å². The number of aromatic nitrogens is 1. The van der Waals surface area contributed by atoms with Crippen LogP contribution in [-0.2, 0) is 6.42 Å². The van der Waals surface area contributed by atoms with Crippen molar-refractivity contribution < 1.29 is 9.18 Å². The fraction of sp³-hybridized carbons (Fsp3) is 0.0714. The van der Waals surface area contributed by atoms with Crippen LogP contribution in [0.2, 0.25) is 0 Å². The smallest absolute Gasteiger partial charge is 0.257 e. The molecule has 5 heteroatoms. The molecule has 1 heterocycles. The van der Waals surface area contributed by atoms with Crippen LogP contribution in [0.1, 0.15) is 15.9 Å². The van der Waals surface area contributed by atoms with Crippen LogP contribution in [0.15, 0.2) is 42.6 Å². The van der Waals surface area contributed by atoms with Crippen molar-refractivity contribution in [1.29, 1.82) is 5.26 Å². The molecule has 2 rings (SSSR count). The summed E-state index contributed by atoms with van der Waals surface area (Å²) < 4.78 is 12.6. The number of benzene rings is 1. The lowest BCUT2D eigenvalue weighted by Crippen LogP contribution is -2.12. The molecule has 0 spiro atoms. The van der Waals surface area contributed by atoms with Gasteiger partial charge in [-0.2, -0.15) is 9.65 Å². The van der Waals surface area contributed by atoms with Crippen LogP contribution in [0, 0.1) is 17.3 Å². The number of hydrogen-bond acceptors (Lipinski definition) is 3. The van der Waals surface area contributed by atoms with Gasteiger partial charge in [-0.25, -0.2) is 4.98 Å². The summed E-state index contributed by atoms with van der Waals surface area (Å²) in [6.45, 7) is 0. The van der Waals surface area contributed by atoms with Gasteiger partial charge in [0.15, 0.2) is 0 Å². The summed E-state index contributed by atoms with van der Waals surface area (Å²) in [5.74, 6) is -0.988. The number of nitrogens with one attached hydrogen (secondary N) is 1. The van der Waals surface area contributed by atoms with Crippen molar-refractivity contribution in [3.05, 3.63) is 59.7 Å². The molecule has 0 radical (unpaired) electrons. The molecule has 0 aliphatic carbocycles. The summed E-state index contributed by atoms with van der Waals surface area (Å²) in [6, 6.07) is 11.5. The summed E-state index contributed by atoms with van der Waals surface area (Å²) in [6.07, 6.45) is 1.50. The van der Waals surface area contributed by atoms with Crippen molar-refractivity contribution in [3.63, 3.8) is 0 Å². The normalized spacial score (nSPS) is 9.68. The third-order valence-electron chi connectivity index (χ3n) is 2.48. The van der Waals surface area contributed by atoms with Gasteiger partial charge < -0.3 is 5.32 Å². The third kappa shape index (κ3) is 3.36. The van der Waals surface area contributed by atoms with Crippen LogP contribution in [0.4, 0.5) is 10.1 Å². The Labute approximate surface area is 109 Å². The molecule has 0 saturated heterocycles. The Bertz CT molecular complexity index is 615. The minimum atomic E-state index is -0.627. The molecular weight excluding hydrogens is 245 g/mol. The van der Waals surface area contributed by atoms with E-state index in [9.17, 15) is 9.18 Å². The van der Waals surface area contributed by atoms with E-state index in [-0.39, 0.29) is 11.5 Å². The Morgan fingerprint density at radius 3 is 2.58 bits per heavy atom. The van der Waals surface area contributed by atoms with Crippen LogP contribution < -0.4 is 5.32 Å². The number of nitriles is 1. The quantitative estimate of drug-likeness (QED) is 0.857. The molecule has 0 unspecified atom stereocenters. The fourth-order valence-electron chi connectivity index (χ4n) is 1.51. The lowest BCUT2D eigenvalue weighted by Gasteiger charge is -2.05. The fourth-order valence-corrected chi connectivity index (χ4v) is 1.51. The second kappa shape index (κ2) is 5.74. The van der Waals surface area contributed by atoms with Crippen LogP contribution in [0.3, 0.4) is 0 Å². The molecule has 0 fully saturated rings. The first-order valence-electron chi connectivity index (χ1n) is 5.58. The Hall–Kier alpha value is -2.74. The van der Waals surface area contributed by atoms with Crippen molar-refractivity contribution in [2.45, 2.75) is 6.42 Å². The first kappa shape index (κ1) is 12.7. The highest BCUT2D eigenvalue weighted by molar-refractivity contribution is 6.03. The predicted octanol–water partition coefficient (Wildman–Crippen LogP) is 2.54. The largest absolute Gasteiger partial charge is 0.322 e. The number of carbonyl (C=O) groups excluding carboxylic acids is 1. The number of carbonyl (C=O) groups is 1. The average molecular weight is 255 g/mol. The van der Waals surface area contributed by atoms with Gasteiger partial charge in [-0.1, -0.05) is 12.1 Å². The summed E-state index contributed by atoms with van der Waals surface area (Å²) in [5.41, 5.74) is 1.77. The predicted molar refractivity (Wildman–Crippen MR) is 67.9 cm³/mol. The molecule has 94 valence electrons. The van der Waals surface area contributed by atoms with E-state index in [4.69, 9.17) is 5.26 Å². The Morgan fingerprint density at radius 1 is 1.26 bits per heavy atom. The first-order chi connectivity index (χ1) is 9.19. The molecule has 2 aromatic rings. The Morgan fingerprint density at radius 2 is 2.00 bits per heavy atom. The number of amides is 1. The molecule has 0 atom stereocenters. The van der Waals surface area contributed by atoms with E-state index in [1.54, 1.807) is 24.3 Å². The van der Waals surface area contributed by atoms with Crippen molar-refractivity contribution in [1.82, 2.24) is 4.98 Å². The van der Waals surface area contributed by atoms with Crippen LogP contribution in [-0.4, -0.2) is 10.9 Å². The molecule has 0 aliphatic rings. The molecule has 4 nitrogen and oxygen atoms in total. The zero-order valence-corrected chi connectivity index (χ0v) is 9.93. The number of pyridine rings is 1. The van der Waals surface area contributed by atoms with Gasteiger partial charge in [0.25, 0.3) is 5.91 Å². The van der Waals surface area contributed by atoms with E-state index in [0.29, 0.717) is 12.1 Å². The average Bonchev–Trinajstić information content (AvgIpc) is 2.42. The van der Waals surface area contributed by atoms with Gasteiger partial charge in [0.05, 0.1) is 18.1 Å². The topological polar surface area (TPSA) is 65.8 Å². The van der Waals surface area contributed by atoms with Gasteiger partial charge in [0, 0.05) is 11.9 Å². The third-order valence-corrected chi connectivity index (χ3v) is 2.48. The lowest BCUT2D eigenvalue weighted by atomic mass is 10.1. The number of rotatable bonds is 3. The molecule has 1 aromatic carbocycles.